The number of hydrogen-bond acceptors (Lipinski definition) is 4. The van der Waals surface area contributed by atoms with Gasteiger partial charge in [-0.1, -0.05) is 36.4 Å². The molecule has 0 bridgehead atoms. The summed E-state index contributed by atoms with van der Waals surface area (Å²) in [6.07, 6.45) is -0.852. The van der Waals surface area contributed by atoms with Crippen molar-refractivity contribution in [2.45, 2.75) is 25.5 Å². The number of aliphatic carboxylic acids is 1. The molecule has 0 saturated carbocycles. The summed E-state index contributed by atoms with van der Waals surface area (Å²) in [5.41, 5.74) is -0.123. The Bertz CT molecular complexity index is 627. The molecule has 116 valence electrons. The van der Waals surface area contributed by atoms with Crippen LogP contribution in [0.2, 0.25) is 0 Å². The van der Waals surface area contributed by atoms with E-state index < -0.39 is 17.6 Å². The molecule has 2 N–H and O–H groups in total. The molecule has 0 saturated heterocycles. The predicted octanol–water partition coefficient (Wildman–Crippen LogP) is 3.36. The van der Waals surface area contributed by atoms with Gasteiger partial charge in [0.2, 0.25) is 0 Å². The first-order chi connectivity index (χ1) is 10.5. The lowest BCUT2D eigenvalue weighted by Gasteiger charge is -2.27. The number of hydrogen-bond donors (Lipinski definition) is 2. The number of amides is 1. The number of carbonyl (C=O) groups excluding carboxylic acids is 1. The van der Waals surface area contributed by atoms with Crippen LogP contribution in [0.25, 0.3) is 0 Å². The largest absolute Gasteiger partial charge is 0.481 e. The lowest BCUT2D eigenvalue weighted by molar-refractivity contribution is -0.138. The van der Waals surface area contributed by atoms with Gasteiger partial charge in [-0.25, -0.2) is 4.79 Å². The van der Waals surface area contributed by atoms with Crippen LogP contribution in [-0.4, -0.2) is 17.2 Å². The first kappa shape index (κ1) is 16.0. The second kappa shape index (κ2) is 7.09. The number of carboxylic acids is 1. The van der Waals surface area contributed by atoms with Crippen molar-refractivity contribution in [1.82, 2.24) is 5.32 Å². The zero-order chi connectivity index (χ0) is 16.0. The van der Waals surface area contributed by atoms with Gasteiger partial charge in [0.1, 0.15) is 6.61 Å². The van der Waals surface area contributed by atoms with Crippen molar-refractivity contribution in [3.05, 3.63) is 58.3 Å². The number of ether oxygens (including phenoxy) is 1. The van der Waals surface area contributed by atoms with Gasteiger partial charge in [-0.3, -0.25) is 4.79 Å². The molecule has 2 aromatic rings. The number of carboxylic acid groups (broad SMARTS) is 1. The lowest BCUT2D eigenvalue weighted by Crippen LogP contribution is -2.44. The molecule has 1 aromatic heterocycles. The van der Waals surface area contributed by atoms with Crippen molar-refractivity contribution in [2.75, 3.05) is 0 Å². The molecule has 22 heavy (non-hydrogen) atoms. The molecule has 1 amide bonds. The first-order valence-electron chi connectivity index (χ1n) is 6.74. The predicted molar refractivity (Wildman–Crippen MR) is 83.7 cm³/mol. The van der Waals surface area contributed by atoms with E-state index in [0.717, 1.165) is 10.4 Å². The summed E-state index contributed by atoms with van der Waals surface area (Å²) in [5, 5.41) is 13.6. The number of benzene rings is 1. The van der Waals surface area contributed by atoms with Crippen LogP contribution >= 0.6 is 11.3 Å². The highest BCUT2D eigenvalue weighted by Crippen LogP contribution is 2.29. The Balaban J connectivity index is 2.01. The molecule has 5 nitrogen and oxygen atoms in total. The molecule has 0 aliphatic heterocycles. The second-order valence-corrected chi connectivity index (χ2v) is 6.01. The minimum atomic E-state index is -0.992. The molecule has 6 heteroatoms. The molecular weight excluding hydrogens is 302 g/mol. The Hall–Kier alpha value is -2.34. The highest BCUT2D eigenvalue weighted by atomic mass is 32.1. The van der Waals surface area contributed by atoms with Gasteiger partial charge in [-0.15, -0.1) is 11.3 Å². The molecule has 1 atom stereocenters. The molecule has 2 rings (SSSR count). The Kier molecular flexibility index (Phi) is 5.16. The summed E-state index contributed by atoms with van der Waals surface area (Å²) in [7, 11) is 0. The fourth-order valence-electron chi connectivity index (χ4n) is 2.07. The average Bonchev–Trinajstić information content (AvgIpc) is 3.00. The minimum Gasteiger partial charge on any atom is -0.481 e. The molecule has 0 spiro atoms. The fourth-order valence-corrected chi connectivity index (χ4v) is 2.92. The standard InChI is InChI=1S/C16H17NO4S/c1-16(10-14(18)19,13-8-5-9-22-13)17-15(20)21-11-12-6-3-2-4-7-12/h2-9H,10-11H2,1H3,(H,17,20)(H,18,19). The van der Waals surface area contributed by atoms with Gasteiger partial charge in [0, 0.05) is 4.88 Å². The molecule has 0 aliphatic rings. The van der Waals surface area contributed by atoms with Gasteiger partial charge in [-0.2, -0.15) is 0 Å². The average molecular weight is 319 g/mol. The Morgan fingerprint density at radius 3 is 2.55 bits per heavy atom. The van der Waals surface area contributed by atoms with Crippen LogP contribution in [0, 0.1) is 0 Å². The van der Waals surface area contributed by atoms with Crippen molar-refractivity contribution in [3.63, 3.8) is 0 Å². The van der Waals surface area contributed by atoms with E-state index in [1.807, 2.05) is 41.8 Å². The van der Waals surface area contributed by atoms with Crippen LogP contribution in [0.4, 0.5) is 4.79 Å². The van der Waals surface area contributed by atoms with Crippen LogP contribution in [0.15, 0.2) is 47.8 Å². The van der Waals surface area contributed by atoms with E-state index in [-0.39, 0.29) is 13.0 Å². The molecular formula is C16H17NO4S. The summed E-state index contributed by atoms with van der Waals surface area (Å²) < 4.78 is 5.17. The molecule has 0 radical (unpaired) electrons. The van der Waals surface area contributed by atoms with Gasteiger partial charge in [0.25, 0.3) is 0 Å². The van der Waals surface area contributed by atoms with Gasteiger partial charge >= 0.3 is 12.1 Å². The molecule has 1 heterocycles. The van der Waals surface area contributed by atoms with Gasteiger partial charge < -0.3 is 15.2 Å². The van der Waals surface area contributed by atoms with E-state index in [4.69, 9.17) is 9.84 Å². The quantitative estimate of drug-likeness (QED) is 0.856. The summed E-state index contributed by atoms with van der Waals surface area (Å²) in [4.78, 5) is 23.8. The van der Waals surface area contributed by atoms with Crippen LogP contribution < -0.4 is 5.32 Å². The topological polar surface area (TPSA) is 75.6 Å². The smallest absolute Gasteiger partial charge is 0.408 e. The van der Waals surface area contributed by atoms with E-state index in [0.29, 0.717) is 0 Å². The number of nitrogens with one attached hydrogen (secondary N) is 1. The maximum atomic E-state index is 12.0. The van der Waals surface area contributed by atoms with Crippen molar-refractivity contribution in [3.8, 4) is 0 Å². The van der Waals surface area contributed by atoms with Crippen LogP contribution in [0.3, 0.4) is 0 Å². The van der Waals surface area contributed by atoms with E-state index in [1.165, 1.54) is 11.3 Å². The number of thiophene rings is 1. The Morgan fingerprint density at radius 1 is 1.23 bits per heavy atom. The van der Waals surface area contributed by atoms with Gasteiger partial charge in [0.15, 0.2) is 0 Å². The number of alkyl carbamates (subject to hydrolysis) is 1. The third-order valence-corrected chi connectivity index (χ3v) is 4.29. The van der Waals surface area contributed by atoms with Gasteiger partial charge in [0.05, 0.1) is 12.0 Å². The van der Waals surface area contributed by atoms with E-state index >= 15 is 0 Å². The van der Waals surface area contributed by atoms with Gasteiger partial charge in [-0.05, 0) is 23.9 Å². The van der Waals surface area contributed by atoms with Crippen LogP contribution in [-0.2, 0) is 21.7 Å². The fraction of sp³-hybridized carbons (Fsp3) is 0.250. The van der Waals surface area contributed by atoms with Crippen LogP contribution in [0.1, 0.15) is 23.8 Å². The highest BCUT2D eigenvalue weighted by Gasteiger charge is 2.33. The number of carbonyl (C=O) groups is 2. The maximum Gasteiger partial charge on any atom is 0.408 e. The van der Waals surface area contributed by atoms with Crippen molar-refractivity contribution in [1.29, 1.82) is 0 Å². The van der Waals surface area contributed by atoms with E-state index in [2.05, 4.69) is 5.32 Å². The summed E-state index contributed by atoms with van der Waals surface area (Å²) >= 11 is 1.39. The Morgan fingerprint density at radius 2 is 1.95 bits per heavy atom. The van der Waals surface area contributed by atoms with Crippen molar-refractivity contribution < 1.29 is 19.4 Å². The second-order valence-electron chi connectivity index (χ2n) is 5.07. The van der Waals surface area contributed by atoms with Crippen molar-refractivity contribution in [2.24, 2.45) is 0 Å². The SMILES string of the molecule is CC(CC(=O)O)(NC(=O)OCc1ccccc1)c1cccs1. The Labute approximate surface area is 132 Å². The van der Waals surface area contributed by atoms with E-state index in [9.17, 15) is 9.59 Å². The molecule has 1 aromatic carbocycles. The maximum absolute atomic E-state index is 12.0. The zero-order valence-corrected chi connectivity index (χ0v) is 12.9. The molecule has 0 aliphatic carbocycles. The highest BCUT2D eigenvalue weighted by molar-refractivity contribution is 7.10. The molecule has 0 fully saturated rings. The summed E-state index contributed by atoms with van der Waals surface area (Å²) in [6, 6.07) is 12.9. The van der Waals surface area contributed by atoms with Crippen LogP contribution in [0.5, 0.6) is 0 Å². The monoisotopic (exact) mass is 319 g/mol. The third kappa shape index (κ3) is 4.33. The molecule has 1 unspecified atom stereocenters. The van der Waals surface area contributed by atoms with Crippen molar-refractivity contribution >= 4 is 23.4 Å². The first-order valence-corrected chi connectivity index (χ1v) is 7.62. The lowest BCUT2D eigenvalue weighted by atomic mass is 9.96. The normalized spacial score (nSPS) is 13.1. The minimum absolute atomic E-state index is 0.139. The van der Waals surface area contributed by atoms with E-state index in [1.54, 1.807) is 13.0 Å². The zero-order valence-electron chi connectivity index (χ0n) is 12.1. The number of rotatable bonds is 6. The summed E-state index contributed by atoms with van der Waals surface area (Å²) in [5.74, 6) is -0.987. The third-order valence-electron chi connectivity index (χ3n) is 3.16. The summed E-state index contributed by atoms with van der Waals surface area (Å²) in [6.45, 7) is 1.82.